The minimum atomic E-state index is -2.20. The van der Waals surface area contributed by atoms with Gasteiger partial charge in [-0.15, -0.1) is 0 Å². The smallest absolute Gasteiger partial charge is 0.146 e. The molecular weight excluding hydrogens is 222 g/mol. The Balaban J connectivity index is 2.37. The van der Waals surface area contributed by atoms with E-state index in [1.165, 1.54) is 0 Å². The molecule has 18 heavy (non-hydrogen) atoms. The first-order chi connectivity index (χ1) is 10.1. The number of nitrogens with zero attached hydrogens (tertiary/aromatic N) is 3. The van der Waals surface area contributed by atoms with Gasteiger partial charge in [0.25, 0.3) is 0 Å². The van der Waals surface area contributed by atoms with E-state index in [0.29, 0.717) is 16.6 Å². The summed E-state index contributed by atoms with van der Waals surface area (Å²) in [5, 5.41) is 1.52. The van der Waals surface area contributed by atoms with Crippen molar-refractivity contribution in [1.29, 1.82) is 0 Å². The number of aromatic nitrogens is 3. The van der Waals surface area contributed by atoms with E-state index in [9.17, 15) is 0 Å². The molecule has 0 N–H and O–H groups in total. The molecule has 3 aromatic heterocycles. The lowest BCUT2D eigenvalue weighted by atomic mass is 10.1. The van der Waals surface area contributed by atoms with Gasteiger partial charge >= 0.3 is 0 Å². The van der Waals surface area contributed by atoms with Crippen LogP contribution in [0, 0.1) is 6.85 Å². The average Bonchev–Trinajstić information content (AvgIpc) is 2.95. The average molecular weight is 236 g/mol. The standard InChI is InChI=1S/C15H11N3/c1-10-6-7-16-14-11-4-2-3-5-12(11)18-9-8-17-15(18)13(10)14/h2-9H,1H3/i1D3. The molecule has 0 aliphatic rings. The summed E-state index contributed by atoms with van der Waals surface area (Å²) in [5.41, 5.74) is 2.56. The second-order valence-corrected chi connectivity index (χ2v) is 4.22. The third-order valence-electron chi connectivity index (χ3n) is 3.23. The molecule has 0 bridgehead atoms. The summed E-state index contributed by atoms with van der Waals surface area (Å²) in [7, 11) is 0. The molecule has 0 spiro atoms. The second kappa shape index (κ2) is 3.29. The predicted octanol–water partition coefficient (Wildman–Crippen LogP) is 3.34. The summed E-state index contributed by atoms with van der Waals surface area (Å²) in [6.45, 7) is -2.20. The van der Waals surface area contributed by atoms with Crippen molar-refractivity contribution in [3.63, 3.8) is 0 Å². The Hall–Kier alpha value is -2.42. The van der Waals surface area contributed by atoms with E-state index in [4.69, 9.17) is 4.11 Å². The number of benzene rings is 1. The third-order valence-corrected chi connectivity index (χ3v) is 3.23. The van der Waals surface area contributed by atoms with Crippen LogP contribution in [-0.4, -0.2) is 14.4 Å². The van der Waals surface area contributed by atoms with Gasteiger partial charge in [0.1, 0.15) is 5.65 Å². The Morgan fingerprint density at radius 1 is 1.11 bits per heavy atom. The van der Waals surface area contributed by atoms with Crippen molar-refractivity contribution in [3.05, 3.63) is 54.5 Å². The van der Waals surface area contributed by atoms with E-state index in [1.54, 1.807) is 18.5 Å². The van der Waals surface area contributed by atoms with E-state index < -0.39 is 6.85 Å². The zero-order chi connectivity index (χ0) is 14.6. The number of aryl methyl sites for hydroxylation is 1. The highest BCUT2D eigenvalue weighted by molar-refractivity contribution is 6.10. The van der Waals surface area contributed by atoms with Crippen LogP contribution >= 0.6 is 0 Å². The Kier molecular flexibility index (Phi) is 1.30. The first-order valence-electron chi connectivity index (χ1n) is 7.20. The fourth-order valence-corrected chi connectivity index (χ4v) is 2.46. The summed E-state index contributed by atoms with van der Waals surface area (Å²) >= 11 is 0. The number of imidazole rings is 1. The van der Waals surface area contributed by atoms with Crippen LogP contribution in [0.2, 0.25) is 0 Å². The van der Waals surface area contributed by atoms with Gasteiger partial charge in [-0.3, -0.25) is 9.38 Å². The van der Waals surface area contributed by atoms with E-state index in [2.05, 4.69) is 9.97 Å². The van der Waals surface area contributed by atoms with Crippen molar-refractivity contribution in [2.45, 2.75) is 6.85 Å². The van der Waals surface area contributed by atoms with E-state index in [-0.39, 0.29) is 5.56 Å². The Morgan fingerprint density at radius 3 is 3.00 bits per heavy atom. The van der Waals surface area contributed by atoms with Crippen molar-refractivity contribution >= 4 is 27.5 Å². The number of hydrogen-bond donors (Lipinski definition) is 0. The number of para-hydroxylation sites is 1. The molecule has 4 rings (SSSR count). The van der Waals surface area contributed by atoms with E-state index in [0.717, 1.165) is 10.9 Å². The topological polar surface area (TPSA) is 30.2 Å². The Bertz CT molecular complexity index is 986. The Labute approximate surface area is 108 Å². The quantitative estimate of drug-likeness (QED) is 0.438. The molecule has 0 aliphatic carbocycles. The molecule has 3 nitrogen and oxygen atoms in total. The van der Waals surface area contributed by atoms with E-state index in [1.807, 2.05) is 34.9 Å². The van der Waals surface area contributed by atoms with E-state index >= 15 is 0 Å². The molecule has 0 atom stereocenters. The maximum absolute atomic E-state index is 7.76. The number of hydrogen-bond acceptors (Lipinski definition) is 2. The maximum atomic E-state index is 7.76. The SMILES string of the molecule is [2H]C([2H])([2H])c1ccnc2c3ccccc3n3ccnc3c12. The highest BCUT2D eigenvalue weighted by Gasteiger charge is 2.10. The molecule has 0 saturated carbocycles. The first kappa shape index (κ1) is 7.11. The van der Waals surface area contributed by atoms with Crippen molar-refractivity contribution in [2.75, 3.05) is 0 Å². The lowest BCUT2D eigenvalue weighted by Gasteiger charge is -2.08. The summed E-state index contributed by atoms with van der Waals surface area (Å²) in [5.74, 6) is 0. The molecule has 0 amide bonds. The minimum absolute atomic E-state index is 0.287. The molecule has 0 saturated heterocycles. The van der Waals surface area contributed by atoms with Crippen LogP contribution < -0.4 is 0 Å². The first-order valence-corrected chi connectivity index (χ1v) is 5.70. The molecule has 4 aromatic rings. The normalized spacial score (nSPS) is 14.8. The molecular formula is C15H11N3. The van der Waals surface area contributed by atoms with Crippen LogP contribution in [0.15, 0.2) is 48.9 Å². The Morgan fingerprint density at radius 2 is 2.06 bits per heavy atom. The van der Waals surface area contributed by atoms with Crippen molar-refractivity contribution in [2.24, 2.45) is 0 Å². The van der Waals surface area contributed by atoms with Gasteiger partial charge in [0, 0.05) is 33.5 Å². The predicted molar refractivity (Wildman–Crippen MR) is 72.7 cm³/mol. The molecule has 3 heterocycles. The zero-order valence-electron chi connectivity index (χ0n) is 12.5. The van der Waals surface area contributed by atoms with Crippen LogP contribution in [0.1, 0.15) is 9.68 Å². The van der Waals surface area contributed by atoms with Gasteiger partial charge < -0.3 is 0 Å². The van der Waals surface area contributed by atoms with Crippen LogP contribution in [0.4, 0.5) is 0 Å². The molecule has 0 aliphatic heterocycles. The van der Waals surface area contributed by atoms with Crippen molar-refractivity contribution < 1.29 is 4.11 Å². The lowest BCUT2D eigenvalue weighted by Crippen LogP contribution is -1.93. The molecule has 3 heteroatoms. The molecule has 0 fully saturated rings. The van der Waals surface area contributed by atoms with Crippen LogP contribution in [0.5, 0.6) is 0 Å². The summed E-state index contributed by atoms with van der Waals surface area (Å²) < 4.78 is 25.2. The lowest BCUT2D eigenvalue weighted by molar-refractivity contribution is 1.26. The zero-order valence-corrected chi connectivity index (χ0v) is 9.46. The second-order valence-electron chi connectivity index (χ2n) is 4.22. The maximum Gasteiger partial charge on any atom is 0.146 e. The van der Waals surface area contributed by atoms with Gasteiger partial charge in [0.15, 0.2) is 0 Å². The fourth-order valence-electron chi connectivity index (χ4n) is 2.46. The van der Waals surface area contributed by atoms with Gasteiger partial charge in [-0.2, -0.15) is 0 Å². The van der Waals surface area contributed by atoms with Gasteiger partial charge in [-0.25, -0.2) is 4.98 Å². The summed E-state index contributed by atoms with van der Waals surface area (Å²) in [4.78, 5) is 8.75. The van der Waals surface area contributed by atoms with Crippen molar-refractivity contribution in [1.82, 2.24) is 14.4 Å². The van der Waals surface area contributed by atoms with Gasteiger partial charge in [0.05, 0.1) is 11.0 Å². The van der Waals surface area contributed by atoms with Gasteiger partial charge in [-0.05, 0) is 24.5 Å². The van der Waals surface area contributed by atoms with Crippen molar-refractivity contribution in [3.8, 4) is 0 Å². The molecule has 1 aromatic carbocycles. The molecule has 0 unspecified atom stereocenters. The van der Waals surface area contributed by atoms with Gasteiger partial charge in [-0.1, -0.05) is 18.2 Å². The third kappa shape index (κ3) is 1.08. The highest BCUT2D eigenvalue weighted by atomic mass is 15.0. The molecule has 86 valence electrons. The minimum Gasteiger partial charge on any atom is -0.299 e. The summed E-state index contributed by atoms with van der Waals surface area (Å²) in [6, 6.07) is 9.36. The monoisotopic (exact) mass is 236 g/mol. The largest absolute Gasteiger partial charge is 0.299 e. The van der Waals surface area contributed by atoms with Crippen LogP contribution in [0.25, 0.3) is 27.5 Å². The summed E-state index contributed by atoms with van der Waals surface area (Å²) in [6.07, 6.45) is 5.07. The van der Waals surface area contributed by atoms with Crippen LogP contribution in [-0.2, 0) is 0 Å². The molecule has 0 radical (unpaired) electrons. The number of pyridine rings is 2. The number of rotatable bonds is 0. The fraction of sp³-hybridized carbons (Fsp3) is 0.0667. The van der Waals surface area contributed by atoms with Crippen LogP contribution in [0.3, 0.4) is 0 Å². The highest BCUT2D eigenvalue weighted by Crippen LogP contribution is 2.28. The number of fused-ring (bicyclic) bond motifs is 6. The van der Waals surface area contributed by atoms with Gasteiger partial charge in [0.2, 0.25) is 0 Å².